The van der Waals surface area contributed by atoms with E-state index in [1.54, 1.807) is 19.2 Å². The van der Waals surface area contributed by atoms with Gasteiger partial charge in [0.05, 0.1) is 12.1 Å². The van der Waals surface area contributed by atoms with Gasteiger partial charge in [0.2, 0.25) is 0 Å². The van der Waals surface area contributed by atoms with Gasteiger partial charge in [0.25, 0.3) is 5.91 Å². The van der Waals surface area contributed by atoms with Gasteiger partial charge in [0.1, 0.15) is 17.3 Å². The molecule has 0 unspecified atom stereocenters. The number of rotatable bonds is 9. The summed E-state index contributed by atoms with van der Waals surface area (Å²) in [5.74, 6) is -0.0485. The number of carbonyl (C=O) groups is 1. The minimum Gasteiger partial charge on any atom is -0.493 e. The van der Waals surface area contributed by atoms with Gasteiger partial charge in [-0.3, -0.25) is 4.79 Å². The Labute approximate surface area is 160 Å². The average Bonchev–Trinajstić information content (AvgIpc) is 2.64. The molecule has 0 saturated carbocycles. The van der Waals surface area contributed by atoms with Crippen molar-refractivity contribution in [2.75, 3.05) is 20.3 Å². The quantitative estimate of drug-likeness (QED) is 0.607. The molecule has 0 spiro atoms. The minimum atomic E-state index is -0.367. The summed E-state index contributed by atoms with van der Waals surface area (Å²) in [6, 6.07) is 6.06. The van der Waals surface area contributed by atoms with Crippen LogP contribution in [0.25, 0.3) is 10.9 Å². The van der Waals surface area contributed by atoms with Gasteiger partial charge in [-0.25, -0.2) is 9.37 Å². The van der Waals surface area contributed by atoms with E-state index >= 15 is 0 Å². The number of hydrogen-bond donors (Lipinski definition) is 0. The van der Waals surface area contributed by atoms with E-state index in [0.29, 0.717) is 42.0 Å². The zero-order valence-electron chi connectivity index (χ0n) is 16.8. The van der Waals surface area contributed by atoms with Crippen LogP contribution in [0.3, 0.4) is 0 Å². The second-order valence-corrected chi connectivity index (χ2v) is 6.93. The topological polar surface area (TPSA) is 51.7 Å². The molecule has 6 heteroatoms. The molecule has 2 aromatic rings. The molecule has 1 amide bonds. The fraction of sp³-hybridized carbons (Fsp3) is 0.524. The number of methoxy groups -OCH3 is 1. The molecule has 1 aromatic heterocycles. The molecule has 0 aliphatic carbocycles. The number of hydrogen-bond acceptors (Lipinski definition) is 4. The first-order valence-corrected chi connectivity index (χ1v) is 9.43. The van der Waals surface area contributed by atoms with Gasteiger partial charge in [0.15, 0.2) is 0 Å². The lowest BCUT2D eigenvalue weighted by Gasteiger charge is -2.32. The maximum atomic E-state index is 13.7. The van der Waals surface area contributed by atoms with E-state index in [9.17, 15) is 9.18 Å². The lowest BCUT2D eigenvalue weighted by Crippen LogP contribution is -2.43. The van der Waals surface area contributed by atoms with Crippen LogP contribution in [0.1, 0.15) is 51.0 Å². The van der Waals surface area contributed by atoms with E-state index in [0.717, 1.165) is 6.42 Å². The van der Waals surface area contributed by atoms with E-state index in [-0.39, 0.29) is 23.8 Å². The van der Waals surface area contributed by atoms with Gasteiger partial charge in [0, 0.05) is 43.7 Å². The summed E-state index contributed by atoms with van der Waals surface area (Å²) < 4.78 is 24.6. The second kappa shape index (κ2) is 9.65. The fourth-order valence-electron chi connectivity index (χ4n) is 3.05. The molecule has 1 atom stereocenters. The van der Waals surface area contributed by atoms with Crippen LogP contribution in [-0.4, -0.2) is 48.2 Å². The number of pyridine rings is 1. The summed E-state index contributed by atoms with van der Waals surface area (Å²) in [5, 5.41) is 0.559. The summed E-state index contributed by atoms with van der Waals surface area (Å²) in [6.45, 7) is 9.03. The Hall–Kier alpha value is -2.21. The molecule has 2 rings (SSSR count). The van der Waals surface area contributed by atoms with Crippen LogP contribution in [-0.2, 0) is 4.74 Å². The van der Waals surface area contributed by atoms with Gasteiger partial charge in [-0.05, 0) is 45.4 Å². The lowest BCUT2D eigenvalue weighted by molar-refractivity contribution is 0.0615. The van der Waals surface area contributed by atoms with Crippen molar-refractivity contribution in [3.05, 3.63) is 35.8 Å². The minimum absolute atomic E-state index is 0.0456. The van der Waals surface area contributed by atoms with Crippen LogP contribution in [0, 0.1) is 5.82 Å². The standard InChI is InChI=1S/C21H29FN2O3/c1-6-15(4)24(14(2)3)21(25)19-13-20(27-11-7-10-26-5)17-12-16(22)8-9-18(17)23-19/h8-9,12-15H,6-7,10-11H2,1-5H3/t15-/m1/s1. The van der Waals surface area contributed by atoms with E-state index in [1.807, 2.05) is 32.6 Å². The first-order chi connectivity index (χ1) is 12.9. The molecular formula is C21H29FN2O3. The SMILES string of the molecule is CC[C@@H](C)N(C(=O)c1cc(OCCCOC)c2cc(F)ccc2n1)C(C)C. The molecule has 0 aliphatic rings. The molecule has 5 nitrogen and oxygen atoms in total. The van der Waals surface area contributed by atoms with Crippen molar-refractivity contribution in [3.8, 4) is 5.75 Å². The predicted octanol–water partition coefficient (Wildman–Crippen LogP) is 4.44. The normalized spacial score (nSPS) is 12.4. The largest absolute Gasteiger partial charge is 0.493 e. The highest BCUT2D eigenvalue weighted by Crippen LogP contribution is 2.28. The molecule has 0 N–H and O–H groups in total. The second-order valence-electron chi connectivity index (χ2n) is 6.93. The van der Waals surface area contributed by atoms with E-state index in [1.165, 1.54) is 12.1 Å². The van der Waals surface area contributed by atoms with Crippen LogP contribution >= 0.6 is 0 Å². The Kier molecular flexibility index (Phi) is 7.54. The van der Waals surface area contributed by atoms with Crippen LogP contribution in [0.2, 0.25) is 0 Å². The Balaban J connectivity index is 2.44. The predicted molar refractivity (Wildman–Crippen MR) is 105 cm³/mol. The van der Waals surface area contributed by atoms with Crippen molar-refractivity contribution in [3.63, 3.8) is 0 Å². The van der Waals surface area contributed by atoms with Crippen LogP contribution < -0.4 is 4.74 Å². The van der Waals surface area contributed by atoms with Crippen molar-refractivity contribution < 1.29 is 18.7 Å². The van der Waals surface area contributed by atoms with E-state index < -0.39 is 0 Å². The van der Waals surface area contributed by atoms with Crippen LogP contribution in [0.4, 0.5) is 4.39 Å². The van der Waals surface area contributed by atoms with E-state index in [4.69, 9.17) is 9.47 Å². The Bertz CT molecular complexity index is 779. The van der Waals surface area contributed by atoms with Crippen molar-refractivity contribution >= 4 is 16.8 Å². The summed E-state index contributed by atoms with van der Waals surface area (Å²) in [4.78, 5) is 19.4. The summed E-state index contributed by atoms with van der Waals surface area (Å²) >= 11 is 0. The van der Waals surface area contributed by atoms with Gasteiger partial charge in [-0.2, -0.15) is 0 Å². The molecule has 0 fully saturated rings. The third-order valence-corrected chi connectivity index (χ3v) is 4.56. The molecule has 0 aliphatic heterocycles. The van der Waals surface area contributed by atoms with Crippen molar-refractivity contribution in [1.29, 1.82) is 0 Å². The molecule has 0 saturated heterocycles. The highest BCUT2D eigenvalue weighted by atomic mass is 19.1. The molecule has 27 heavy (non-hydrogen) atoms. The first-order valence-electron chi connectivity index (χ1n) is 9.43. The molecule has 0 radical (unpaired) electrons. The number of nitrogens with zero attached hydrogens (tertiary/aromatic N) is 2. The summed E-state index contributed by atoms with van der Waals surface area (Å²) in [6.07, 6.45) is 1.55. The zero-order chi connectivity index (χ0) is 20.0. The number of amides is 1. The third-order valence-electron chi connectivity index (χ3n) is 4.56. The Morgan fingerprint density at radius 1 is 1.22 bits per heavy atom. The smallest absolute Gasteiger partial charge is 0.273 e. The third kappa shape index (κ3) is 5.16. The fourth-order valence-corrected chi connectivity index (χ4v) is 3.05. The molecule has 0 bridgehead atoms. The van der Waals surface area contributed by atoms with Gasteiger partial charge in [-0.15, -0.1) is 0 Å². The number of fused-ring (bicyclic) bond motifs is 1. The highest BCUT2D eigenvalue weighted by molar-refractivity contribution is 5.97. The first kappa shape index (κ1) is 21.1. The molecule has 1 heterocycles. The summed E-state index contributed by atoms with van der Waals surface area (Å²) in [7, 11) is 1.63. The van der Waals surface area contributed by atoms with Gasteiger partial charge < -0.3 is 14.4 Å². The number of ether oxygens (including phenoxy) is 2. The zero-order valence-corrected chi connectivity index (χ0v) is 16.8. The highest BCUT2D eigenvalue weighted by Gasteiger charge is 2.25. The van der Waals surface area contributed by atoms with E-state index in [2.05, 4.69) is 4.98 Å². The number of aromatic nitrogens is 1. The average molecular weight is 376 g/mol. The maximum absolute atomic E-state index is 13.7. The Morgan fingerprint density at radius 2 is 1.96 bits per heavy atom. The Morgan fingerprint density at radius 3 is 2.59 bits per heavy atom. The monoisotopic (exact) mass is 376 g/mol. The number of carbonyl (C=O) groups excluding carboxylic acids is 1. The molecular weight excluding hydrogens is 347 g/mol. The van der Waals surface area contributed by atoms with Gasteiger partial charge >= 0.3 is 0 Å². The summed E-state index contributed by atoms with van der Waals surface area (Å²) in [5.41, 5.74) is 0.849. The van der Waals surface area contributed by atoms with Crippen molar-refractivity contribution in [2.45, 2.75) is 52.6 Å². The van der Waals surface area contributed by atoms with Crippen molar-refractivity contribution in [1.82, 2.24) is 9.88 Å². The molecule has 1 aromatic carbocycles. The maximum Gasteiger partial charge on any atom is 0.273 e. The van der Waals surface area contributed by atoms with Crippen molar-refractivity contribution in [2.24, 2.45) is 0 Å². The lowest BCUT2D eigenvalue weighted by atomic mass is 10.1. The van der Waals surface area contributed by atoms with Crippen LogP contribution in [0.5, 0.6) is 5.75 Å². The molecule has 148 valence electrons. The van der Waals surface area contributed by atoms with Crippen LogP contribution in [0.15, 0.2) is 24.3 Å². The number of halogens is 1. The van der Waals surface area contributed by atoms with Gasteiger partial charge in [-0.1, -0.05) is 6.92 Å². The number of benzene rings is 1.